The minimum absolute atomic E-state index is 0.0236. The fourth-order valence-corrected chi connectivity index (χ4v) is 7.61. The lowest BCUT2D eigenvalue weighted by Crippen LogP contribution is -2.37. The molecule has 0 aromatic rings. The van der Waals surface area contributed by atoms with Crippen LogP contribution in [-0.4, -0.2) is 74.9 Å². The summed E-state index contributed by atoms with van der Waals surface area (Å²) < 4.78 is 34.4. The van der Waals surface area contributed by atoms with E-state index in [1.807, 2.05) is 21.1 Å². The van der Waals surface area contributed by atoms with Gasteiger partial charge in [0.25, 0.3) is 0 Å². The summed E-state index contributed by atoms with van der Waals surface area (Å²) in [6, 6.07) is 0. The largest absolute Gasteiger partial charge is 0.472 e. The maximum Gasteiger partial charge on any atom is 0.472 e. The summed E-state index contributed by atoms with van der Waals surface area (Å²) in [6.45, 7) is 4.29. The average Bonchev–Trinajstić information content (AvgIpc) is 3.24. The zero-order valence-corrected chi connectivity index (χ0v) is 42.2. The van der Waals surface area contributed by atoms with Crippen LogP contribution in [0.1, 0.15) is 213 Å². The van der Waals surface area contributed by atoms with E-state index >= 15 is 0 Å². The quantitative estimate of drug-likeness (QED) is 0.0212. The van der Waals surface area contributed by atoms with E-state index in [0.717, 1.165) is 70.6 Å². The normalized spacial score (nSPS) is 13.9. The van der Waals surface area contributed by atoms with Gasteiger partial charge < -0.3 is 18.9 Å². The van der Waals surface area contributed by atoms with Crippen molar-refractivity contribution in [1.82, 2.24) is 0 Å². The maximum absolute atomic E-state index is 12.7. The zero-order chi connectivity index (χ0) is 46.4. The number of carbonyl (C=O) groups is 2. The third-order valence-electron chi connectivity index (χ3n) is 10.8. The highest BCUT2D eigenvalue weighted by atomic mass is 31.2. The monoisotopic (exact) mass is 907 g/mol. The predicted octanol–water partition coefficient (Wildman–Crippen LogP) is 15.2. The van der Waals surface area contributed by atoms with E-state index in [1.165, 1.54) is 109 Å². The van der Waals surface area contributed by atoms with Gasteiger partial charge in [-0.15, -0.1) is 0 Å². The summed E-state index contributed by atoms with van der Waals surface area (Å²) in [5.41, 5.74) is 0. The highest BCUT2D eigenvalue weighted by Gasteiger charge is 2.27. The highest BCUT2D eigenvalue weighted by Crippen LogP contribution is 2.43. The number of hydrogen-bond acceptors (Lipinski definition) is 7. The van der Waals surface area contributed by atoms with Gasteiger partial charge in [-0.05, 0) is 57.8 Å². The molecule has 0 fully saturated rings. The van der Waals surface area contributed by atoms with Gasteiger partial charge in [0.2, 0.25) is 0 Å². The summed E-state index contributed by atoms with van der Waals surface area (Å²) >= 11 is 0. The lowest BCUT2D eigenvalue weighted by atomic mass is 10.0. The van der Waals surface area contributed by atoms with Gasteiger partial charge in [0, 0.05) is 12.8 Å². The minimum atomic E-state index is -4.39. The molecule has 2 atom stereocenters. The van der Waals surface area contributed by atoms with Crippen LogP contribution in [0.15, 0.2) is 60.8 Å². The molecule has 0 aromatic carbocycles. The summed E-state index contributed by atoms with van der Waals surface area (Å²) in [6.07, 6.45) is 55.6. The van der Waals surface area contributed by atoms with Crippen LogP contribution in [0, 0.1) is 0 Å². The van der Waals surface area contributed by atoms with Crippen molar-refractivity contribution in [3.63, 3.8) is 0 Å². The van der Waals surface area contributed by atoms with E-state index in [2.05, 4.69) is 74.6 Å². The first kappa shape index (κ1) is 60.7. The Labute approximate surface area is 387 Å². The van der Waals surface area contributed by atoms with Crippen LogP contribution in [0.25, 0.3) is 0 Å². The van der Waals surface area contributed by atoms with Crippen molar-refractivity contribution >= 4 is 19.8 Å². The molecule has 0 saturated heterocycles. The van der Waals surface area contributed by atoms with Gasteiger partial charge in [0.15, 0.2) is 6.10 Å². The molecule has 0 bridgehead atoms. The fourth-order valence-electron chi connectivity index (χ4n) is 6.87. The molecule has 0 amide bonds. The smallest absolute Gasteiger partial charge is 0.462 e. The number of phosphoric acid groups is 1. The molecular weight excluding hydrogens is 810 g/mol. The van der Waals surface area contributed by atoms with E-state index in [1.54, 1.807) is 0 Å². The lowest BCUT2D eigenvalue weighted by Gasteiger charge is -2.24. The Balaban J connectivity index is 4.30. The van der Waals surface area contributed by atoms with Crippen LogP contribution in [-0.2, 0) is 32.7 Å². The average molecular weight is 907 g/mol. The van der Waals surface area contributed by atoms with Gasteiger partial charge in [-0.25, -0.2) is 4.57 Å². The second kappa shape index (κ2) is 44.9. The van der Waals surface area contributed by atoms with Crippen molar-refractivity contribution in [2.75, 3.05) is 47.5 Å². The van der Waals surface area contributed by atoms with Crippen molar-refractivity contribution in [1.29, 1.82) is 0 Å². The van der Waals surface area contributed by atoms with Crippen LogP contribution >= 0.6 is 7.82 Å². The highest BCUT2D eigenvalue weighted by molar-refractivity contribution is 7.47. The predicted molar refractivity (Wildman–Crippen MR) is 266 cm³/mol. The standard InChI is InChI=1S/C53H96NO8P/c1-6-8-10-12-14-16-18-20-22-24-26-28-29-31-33-35-37-39-41-43-45-52(55)59-49-51(50-61-63(57,58)60-48-47-54(3,4)5)62-53(56)46-44-42-40-38-36-34-32-30-27-25-23-21-19-17-15-13-11-9-7-2/h9,11,15,17,21,23,27,30,34,36,51H,6-8,10,12-14,16,18-20,22,24-26,28-29,31-33,35,37-50H2,1-5H3/p+1/b11-9+,17-15+,23-21+,30-27+,36-34+/t51-/m1/s1. The van der Waals surface area contributed by atoms with Crippen LogP contribution in [0.2, 0.25) is 0 Å². The number of allylic oxidation sites excluding steroid dienone is 10. The zero-order valence-electron chi connectivity index (χ0n) is 41.3. The van der Waals surface area contributed by atoms with Crippen molar-refractivity contribution < 1.29 is 42.1 Å². The first-order chi connectivity index (χ1) is 30.5. The SMILES string of the molecule is CC/C=C/C/C=C/C/C=C/C/C=C/C/C=C/CCCCCC(=O)O[C@H](COC(=O)CCCCCCCCCCCCCCCCCCCCCC)COP(=O)(O)OCC[N+](C)(C)C. The number of likely N-dealkylation sites (N-methyl/N-ethyl adjacent to an activating group) is 1. The van der Waals surface area contributed by atoms with Crippen LogP contribution in [0.4, 0.5) is 0 Å². The molecule has 9 nitrogen and oxygen atoms in total. The molecule has 10 heteroatoms. The molecule has 63 heavy (non-hydrogen) atoms. The van der Waals surface area contributed by atoms with Gasteiger partial charge in [-0.1, -0.05) is 203 Å². The molecule has 0 saturated carbocycles. The van der Waals surface area contributed by atoms with E-state index in [0.29, 0.717) is 17.4 Å². The summed E-state index contributed by atoms with van der Waals surface area (Å²) in [5.74, 6) is -0.831. The van der Waals surface area contributed by atoms with E-state index in [4.69, 9.17) is 18.5 Å². The first-order valence-corrected chi connectivity index (χ1v) is 27.0. The molecule has 366 valence electrons. The second-order valence-corrected chi connectivity index (χ2v) is 19.6. The molecular formula is C53H97NO8P+. The van der Waals surface area contributed by atoms with Crippen LogP contribution < -0.4 is 0 Å². The number of ether oxygens (including phenoxy) is 2. The van der Waals surface area contributed by atoms with Gasteiger partial charge in [0.05, 0.1) is 27.7 Å². The number of rotatable bonds is 46. The molecule has 0 radical (unpaired) electrons. The van der Waals surface area contributed by atoms with E-state index in [-0.39, 0.29) is 32.0 Å². The summed E-state index contributed by atoms with van der Waals surface area (Å²) in [5, 5.41) is 0. The topological polar surface area (TPSA) is 108 Å². The van der Waals surface area contributed by atoms with Crippen molar-refractivity contribution in [2.24, 2.45) is 0 Å². The molecule has 1 N–H and O–H groups in total. The number of nitrogens with zero attached hydrogens (tertiary/aromatic N) is 1. The minimum Gasteiger partial charge on any atom is -0.462 e. The molecule has 0 spiro atoms. The van der Waals surface area contributed by atoms with Gasteiger partial charge in [-0.2, -0.15) is 0 Å². The van der Waals surface area contributed by atoms with Crippen LogP contribution in [0.3, 0.4) is 0 Å². The Morgan fingerprint density at radius 3 is 1.35 bits per heavy atom. The number of quaternary nitrogens is 1. The molecule has 0 aliphatic heterocycles. The fraction of sp³-hybridized carbons (Fsp3) is 0.774. The van der Waals surface area contributed by atoms with Crippen molar-refractivity contribution in [3.8, 4) is 0 Å². The first-order valence-electron chi connectivity index (χ1n) is 25.5. The molecule has 1 unspecified atom stereocenters. The molecule has 0 heterocycles. The number of esters is 2. The third kappa shape index (κ3) is 49.0. The van der Waals surface area contributed by atoms with Crippen LogP contribution in [0.5, 0.6) is 0 Å². The van der Waals surface area contributed by atoms with Crippen molar-refractivity contribution in [2.45, 2.75) is 219 Å². The Morgan fingerprint density at radius 1 is 0.508 bits per heavy atom. The Bertz CT molecular complexity index is 1250. The number of carbonyl (C=O) groups excluding carboxylic acids is 2. The third-order valence-corrected chi connectivity index (χ3v) is 11.8. The molecule has 0 aliphatic carbocycles. The Kier molecular flexibility index (Phi) is 43.3. The lowest BCUT2D eigenvalue weighted by molar-refractivity contribution is -0.870. The van der Waals surface area contributed by atoms with Gasteiger partial charge in [0.1, 0.15) is 19.8 Å². The van der Waals surface area contributed by atoms with Crippen molar-refractivity contribution in [3.05, 3.63) is 60.8 Å². The number of hydrogen-bond donors (Lipinski definition) is 1. The second-order valence-electron chi connectivity index (χ2n) is 18.2. The molecule has 0 aromatic heterocycles. The summed E-state index contributed by atoms with van der Waals surface area (Å²) in [7, 11) is 1.45. The van der Waals surface area contributed by atoms with E-state index < -0.39 is 26.5 Å². The number of unbranched alkanes of at least 4 members (excludes halogenated alkanes) is 22. The van der Waals surface area contributed by atoms with Gasteiger partial charge in [-0.3, -0.25) is 18.6 Å². The Morgan fingerprint density at radius 2 is 0.905 bits per heavy atom. The number of phosphoric ester groups is 1. The molecule has 0 rings (SSSR count). The van der Waals surface area contributed by atoms with E-state index in [9.17, 15) is 19.0 Å². The molecule has 0 aliphatic rings. The maximum atomic E-state index is 12.7. The van der Waals surface area contributed by atoms with Gasteiger partial charge >= 0.3 is 19.8 Å². The Hall–Kier alpha value is -2.29. The summed E-state index contributed by atoms with van der Waals surface area (Å²) in [4.78, 5) is 35.5.